The molecular weight excluding hydrogens is 509 g/mol. The highest BCUT2D eigenvalue weighted by atomic mass is 19.1. The molecule has 12 heteroatoms. The Morgan fingerprint density at radius 1 is 1.10 bits per heavy atom. The number of amides is 2. The highest BCUT2D eigenvalue weighted by Crippen LogP contribution is 2.26. The third-order valence-corrected chi connectivity index (χ3v) is 5.04. The first-order chi connectivity index (χ1) is 18.4. The van der Waals surface area contributed by atoms with Crippen LogP contribution in [0.15, 0.2) is 48.9 Å². The van der Waals surface area contributed by atoms with E-state index in [0.717, 1.165) is 12.3 Å². The SMILES string of the molecule is CCOC(=O)CC(Cc1cncc(-c2ccc(Oc3ncc(C(N)=O)cc3F)cc2)n1)NC(=O)OC(C)(C)C. The number of rotatable bonds is 10. The fraction of sp³-hybridized carbons (Fsp3) is 0.333. The molecule has 0 spiro atoms. The molecule has 0 fully saturated rings. The van der Waals surface area contributed by atoms with Crippen molar-refractivity contribution in [3.8, 4) is 22.9 Å². The molecule has 11 nitrogen and oxygen atoms in total. The van der Waals surface area contributed by atoms with E-state index in [2.05, 4.69) is 20.3 Å². The predicted octanol–water partition coefficient (Wildman–Crippen LogP) is 3.96. The van der Waals surface area contributed by atoms with E-state index in [0.29, 0.717) is 22.7 Å². The van der Waals surface area contributed by atoms with Crippen molar-refractivity contribution >= 4 is 18.0 Å². The Labute approximate surface area is 224 Å². The van der Waals surface area contributed by atoms with Gasteiger partial charge in [-0.25, -0.2) is 19.2 Å². The number of pyridine rings is 1. The predicted molar refractivity (Wildman–Crippen MR) is 138 cm³/mol. The maximum Gasteiger partial charge on any atom is 0.407 e. The Hall–Kier alpha value is -4.61. The molecule has 1 atom stereocenters. The van der Waals surface area contributed by atoms with Crippen LogP contribution in [0.2, 0.25) is 0 Å². The van der Waals surface area contributed by atoms with Gasteiger partial charge in [-0.2, -0.15) is 0 Å². The Morgan fingerprint density at radius 2 is 1.82 bits per heavy atom. The van der Waals surface area contributed by atoms with Gasteiger partial charge in [0.2, 0.25) is 5.91 Å². The van der Waals surface area contributed by atoms with Crippen LogP contribution in [0, 0.1) is 5.82 Å². The molecule has 2 aromatic heterocycles. The lowest BCUT2D eigenvalue weighted by molar-refractivity contribution is -0.143. The minimum Gasteiger partial charge on any atom is -0.466 e. The number of nitrogens with two attached hydrogens (primary N) is 1. The van der Waals surface area contributed by atoms with Crippen LogP contribution in [0.3, 0.4) is 0 Å². The first-order valence-corrected chi connectivity index (χ1v) is 12.1. The molecule has 1 unspecified atom stereocenters. The van der Waals surface area contributed by atoms with Crippen molar-refractivity contribution in [3.05, 3.63) is 66.0 Å². The molecule has 3 aromatic rings. The largest absolute Gasteiger partial charge is 0.466 e. The molecule has 39 heavy (non-hydrogen) atoms. The summed E-state index contributed by atoms with van der Waals surface area (Å²) in [7, 11) is 0. The molecule has 1 aromatic carbocycles. The molecule has 0 aliphatic carbocycles. The van der Waals surface area contributed by atoms with E-state index < -0.39 is 35.4 Å². The molecule has 0 aliphatic rings. The molecular formula is C27H30FN5O6. The number of nitrogens with zero attached hydrogens (tertiary/aromatic N) is 3. The second kappa shape index (κ2) is 12.8. The van der Waals surface area contributed by atoms with Gasteiger partial charge < -0.3 is 25.3 Å². The van der Waals surface area contributed by atoms with Gasteiger partial charge in [0.25, 0.3) is 5.88 Å². The zero-order valence-corrected chi connectivity index (χ0v) is 22.1. The molecule has 0 radical (unpaired) electrons. The topological polar surface area (TPSA) is 156 Å². The van der Waals surface area contributed by atoms with Crippen LogP contribution in [-0.2, 0) is 20.7 Å². The number of benzene rings is 1. The molecule has 2 amide bonds. The van der Waals surface area contributed by atoms with Crippen molar-refractivity contribution in [1.29, 1.82) is 0 Å². The second-order valence-corrected chi connectivity index (χ2v) is 9.45. The van der Waals surface area contributed by atoms with Crippen molar-refractivity contribution in [2.45, 2.75) is 52.2 Å². The molecule has 3 rings (SSSR count). The number of aromatic nitrogens is 3. The summed E-state index contributed by atoms with van der Waals surface area (Å²) in [5.41, 5.74) is 6.10. The van der Waals surface area contributed by atoms with E-state index in [-0.39, 0.29) is 30.9 Å². The lowest BCUT2D eigenvalue weighted by Gasteiger charge is -2.23. The van der Waals surface area contributed by atoms with Crippen LogP contribution in [-0.4, -0.2) is 51.2 Å². The van der Waals surface area contributed by atoms with Gasteiger partial charge in [-0.05, 0) is 58.0 Å². The Bertz CT molecular complexity index is 1330. The summed E-state index contributed by atoms with van der Waals surface area (Å²) in [6, 6.07) is 6.91. The third-order valence-electron chi connectivity index (χ3n) is 5.04. The van der Waals surface area contributed by atoms with Crippen molar-refractivity contribution in [2.24, 2.45) is 5.73 Å². The Morgan fingerprint density at radius 3 is 2.44 bits per heavy atom. The minimum atomic E-state index is -0.827. The lowest BCUT2D eigenvalue weighted by atomic mass is 10.1. The quantitative estimate of drug-likeness (QED) is 0.364. The summed E-state index contributed by atoms with van der Waals surface area (Å²) in [4.78, 5) is 48.3. The molecule has 2 heterocycles. The van der Waals surface area contributed by atoms with E-state index in [1.165, 1.54) is 0 Å². The molecule has 206 valence electrons. The summed E-state index contributed by atoms with van der Waals surface area (Å²) < 4.78 is 30.0. The first-order valence-electron chi connectivity index (χ1n) is 12.1. The number of primary amides is 1. The van der Waals surface area contributed by atoms with Gasteiger partial charge in [-0.1, -0.05) is 0 Å². The van der Waals surface area contributed by atoms with E-state index in [9.17, 15) is 18.8 Å². The van der Waals surface area contributed by atoms with Crippen LogP contribution in [0.25, 0.3) is 11.3 Å². The zero-order valence-electron chi connectivity index (χ0n) is 22.1. The van der Waals surface area contributed by atoms with Gasteiger partial charge in [0.15, 0.2) is 5.82 Å². The van der Waals surface area contributed by atoms with Crippen LogP contribution in [0.5, 0.6) is 11.6 Å². The van der Waals surface area contributed by atoms with Gasteiger partial charge in [0.05, 0.1) is 36.2 Å². The molecule has 0 saturated heterocycles. The van der Waals surface area contributed by atoms with E-state index in [1.807, 2.05) is 0 Å². The van der Waals surface area contributed by atoms with Crippen LogP contribution < -0.4 is 15.8 Å². The number of nitrogens with one attached hydrogen (secondary N) is 1. The Balaban J connectivity index is 1.73. The number of esters is 1. The number of halogens is 1. The van der Waals surface area contributed by atoms with E-state index in [4.69, 9.17) is 19.9 Å². The maximum absolute atomic E-state index is 14.2. The monoisotopic (exact) mass is 539 g/mol. The first kappa shape index (κ1) is 29.0. The van der Waals surface area contributed by atoms with E-state index >= 15 is 0 Å². The summed E-state index contributed by atoms with van der Waals surface area (Å²) in [5, 5.41) is 2.71. The standard InChI is InChI=1S/C27H30FN5O6/c1-5-37-23(34)12-18(33-26(36)39-27(2,3)4)11-19-14-30-15-22(32-19)16-6-8-20(9-7-16)38-25-21(28)10-17(13-31-25)24(29)35/h6-10,13-15,18H,5,11-12H2,1-4H3,(H2,29,35)(H,33,36). The number of alkyl carbamates (subject to hydrolysis) is 1. The van der Waals surface area contributed by atoms with Crippen molar-refractivity contribution < 1.29 is 33.0 Å². The number of carbonyl (C=O) groups is 3. The summed E-state index contributed by atoms with van der Waals surface area (Å²) in [6.45, 7) is 7.14. The van der Waals surface area contributed by atoms with Crippen molar-refractivity contribution in [3.63, 3.8) is 0 Å². The van der Waals surface area contributed by atoms with Gasteiger partial charge in [0.1, 0.15) is 11.4 Å². The molecule has 3 N–H and O–H groups in total. The second-order valence-electron chi connectivity index (χ2n) is 9.45. The zero-order chi connectivity index (χ0) is 28.6. The number of ether oxygens (including phenoxy) is 3. The summed E-state index contributed by atoms with van der Waals surface area (Å²) in [5.74, 6) is -2.09. The average Bonchev–Trinajstić information content (AvgIpc) is 2.84. The van der Waals surface area contributed by atoms with Gasteiger partial charge in [-0.3, -0.25) is 14.6 Å². The lowest BCUT2D eigenvalue weighted by Crippen LogP contribution is -2.41. The summed E-state index contributed by atoms with van der Waals surface area (Å²) in [6.07, 6.45) is 3.70. The normalized spacial score (nSPS) is 11.8. The minimum absolute atomic E-state index is 0.0700. The average molecular weight is 540 g/mol. The highest BCUT2D eigenvalue weighted by molar-refractivity contribution is 5.92. The summed E-state index contributed by atoms with van der Waals surface area (Å²) >= 11 is 0. The van der Waals surface area contributed by atoms with Gasteiger partial charge in [-0.15, -0.1) is 0 Å². The highest BCUT2D eigenvalue weighted by Gasteiger charge is 2.23. The fourth-order valence-corrected chi connectivity index (χ4v) is 3.41. The molecule has 0 aliphatic heterocycles. The smallest absolute Gasteiger partial charge is 0.407 e. The fourth-order valence-electron chi connectivity index (χ4n) is 3.41. The molecule has 0 bridgehead atoms. The van der Waals surface area contributed by atoms with E-state index in [1.54, 1.807) is 64.4 Å². The van der Waals surface area contributed by atoms with Crippen LogP contribution in [0.1, 0.15) is 50.2 Å². The van der Waals surface area contributed by atoms with Crippen molar-refractivity contribution in [1.82, 2.24) is 20.3 Å². The maximum atomic E-state index is 14.2. The number of hydrogen-bond donors (Lipinski definition) is 2. The third kappa shape index (κ3) is 9.02. The number of carbonyl (C=O) groups excluding carboxylic acids is 3. The molecule has 0 saturated carbocycles. The van der Waals surface area contributed by atoms with Crippen LogP contribution >= 0.6 is 0 Å². The van der Waals surface area contributed by atoms with Gasteiger partial charge >= 0.3 is 12.1 Å². The van der Waals surface area contributed by atoms with Gasteiger partial charge in [0, 0.05) is 30.4 Å². The Kier molecular flexibility index (Phi) is 9.47. The van der Waals surface area contributed by atoms with Crippen LogP contribution in [0.4, 0.5) is 9.18 Å². The number of hydrogen-bond acceptors (Lipinski definition) is 9. The van der Waals surface area contributed by atoms with Crippen molar-refractivity contribution in [2.75, 3.05) is 6.61 Å².